The largest absolute Gasteiger partial charge is 0.369 e. The van der Waals surface area contributed by atoms with Gasteiger partial charge in [0, 0.05) is 6.54 Å². The predicted molar refractivity (Wildman–Crippen MR) is 69.3 cm³/mol. The molecule has 0 fully saturated rings. The highest BCUT2D eigenvalue weighted by atomic mass is 35.5. The Morgan fingerprint density at radius 1 is 1.35 bits per heavy atom. The van der Waals surface area contributed by atoms with Gasteiger partial charge in [0.1, 0.15) is 5.82 Å². The van der Waals surface area contributed by atoms with Crippen molar-refractivity contribution in [3.63, 3.8) is 0 Å². The normalized spacial score (nSPS) is 12.0. The van der Waals surface area contributed by atoms with E-state index in [1.807, 2.05) is 0 Å². The maximum absolute atomic E-state index is 5.84. The lowest BCUT2D eigenvalue weighted by molar-refractivity contribution is 0.389. The summed E-state index contributed by atoms with van der Waals surface area (Å²) in [4.78, 5) is 8.23. The second kappa shape index (κ2) is 4.49. The molecule has 0 unspecified atom stereocenters. The minimum Gasteiger partial charge on any atom is -0.369 e. The quantitative estimate of drug-likeness (QED) is 0.826. The molecule has 6 heteroatoms. The number of H-pyrrole nitrogens is 1. The predicted octanol–water partition coefficient (Wildman–Crippen LogP) is 2.85. The average Bonchev–Trinajstić information content (AvgIpc) is 2.63. The van der Waals surface area contributed by atoms with Crippen molar-refractivity contribution >= 4 is 28.5 Å². The second-order valence-corrected chi connectivity index (χ2v) is 5.55. The first-order valence-electron chi connectivity index (χ1n) is 5.56. The summed E-state index contributed by atoms with van der Waals surface area (Å²) < 4.78 is 0. The molecular weight excluding hydrogens is 238 g/mol. The summed E-state index contributed by atoms with van der Waals surface area (Å²) in [6.07, 6.45) is 2.75. The van der Waals surface area contributed by atoms with E-state index in [0.717, 1.165) is 24.2 Å². The van der Waals surface area contributed by atoms with Gasteiger partial charge in [-0.1, -0.05) is 20.8 Å². The van der Waals surface area contributed by atoms with Gasteiger partial charge in [0.25, 0.3) is 0 Å². The minimum absolute atomic E-state index is 0.222. The van der Waals surface area contributed by atoms with E-state index >= 15 is 0 Å². The average molecular weight is 254 g/mol. The van der Waals surface area contributed by atoms with Crippen LogP contribution in [0.3, 0.4) is 0 Å². The lowest BCUT2D eigenvalue weighted by atomic mass is 9.92. The summed E-state index contributed by atoms with van der Waals surface area (Å²) in [5.41, 5.74) is 0.947. The number of nitrogens with one attached hydrogen (secondary N) is 2. The van der Waals surface area contributed by atoms with E-state index in [1.54, 1.807) is 6.20 Å². The Morgan fingerprint density at radius 3 is 2.82 bits per heavy atom. The van der Waals surface area contributed by atoms with Crippen molar-refractivity contribution < 1.29 is 0 Å². The molecule has 0 amide bonds. The van der Waals surface area contributed by atoms with Gasteiger partial charge in [0.05, 0.1) is 11.6 Å². The Kier molecular flexibility index (Phi) is 3.19. The van der Waals surface area contributed by atoms with Gasteiger partial charge < -0.3 is 5.32 Å². The molecule has 0 spiro atoms. The lowest BCUT2D eigenvalue weighted by Crippen LogP contribution is -2.13. The number of rotatable bonds is 3. The monoisotopic (exact) mass is 253 g/mol. The van der Waals surface area contributed by atoms with Gasteiger partial charge in [-0.3, -0.25) is 5.10 Å². The van der Waals surface area contributed by atoms with Crippen molar-refractivity contribution in [1.82, 2.24) is 20.2 Å². The molecule has 0 radical (unpaired) electrons. The van der Waals surface area contributed by atoms with Crippen molar-refractivity contribution in [2.24, 2.45) is 5.41 Å². The summed E-state index contributed by atoms with van der Waals surface area (Å²) in [5.74, 6) is 0.734. The number of halogens is 1. The molecule has 0 saturated carbocycles. The fourth-order valence-electron chi connectivity index (χ4n) is 1.50. The van der Waals surface area contributed by atoms with Gasteiger partial charge in [-0.15, -0.1) is 0 Å². The van der Waals surface area contributed by atoms with Crippen LogP contribution in [0.1, 0.15) is 27.2 Å². The van der Waals surface area contributed by atoms with Crippen LogP contribution in [0.4, 0.5) is 5.82 Å². The number of fused-ring (bicyclic) bond motifs is 1. The zero-order valence-corrected chi connectivity index (χ0v) is 11.0. The highest BCUT2D eigenvalue weighted by molar-refractivity contribution is 6.28. The molecule has 2 heterocycles. The number of aromatic nitrogens is 4. The Hall–Kier alpha value is -1.36. The van der Waals surface area contributed by atoms with Crippen LogP contribution in [0, 0.1) is 5.41 Å². The first kappa shape index (κ1) is 12.1. The fourth-order valence-corrected chi connectivity index (χ4v) is 1.67. The molecule has 2 aromatic heterocycles. The SMILES string of the molecule is CC(C)(C)CCNc1nc(Cl)nc2[nH]ncc12. The Morgan fingerprint density at radius 2 is 2.12 bits per heavy atom. The van der Waals surface area contributed by atoms with Crippen molar-refractivity contribution in [3.05, 3.63) is 11.5 Å². The van der Waals surface area contributed by atoms with E-state index in [9.17, 15) is 0 Å². The van der Waals surface area contributed by atoms with Gasteiger partial charge in [0.15, 0.2) is 5.65 Å². The van der Waals surface area contributed by atoms with Gasteiger partial charge in [-0.2, -0.15) is 15.1 Å². The molecule has 0 aromatic carbocycles. The molecule has 2 rings (SSSR count). The Bertz CT molecular complexity index is 514. The van der Waals surface area contributed by atoms with E-state index in [0.29, 0.717) is 11.1 Å². The standard InChI is InChI=1S/C11H16ClN5/c1-11(2,3)4-5-13-8-7-6-14-17-9(7)16-10(12)15-8/h6H,4-5H2,1-3H3,(H2,13,14,15,16,17). The van der Waals surface area contributed by atoms with Crippen molar-refractivity contribution in [1.29, 1.82) is 0 Å². The van der Waals surface area contributed by atoms with Gasteiger partial charge in [0.2, 0.25) is 5.28 Å². The van der Waals surface area contributed by atoms with E-state index in [1.165, 1.54) is 0 Å². The van der Waals surface area contributed by atoms with Crippen molar-refractivity contribution in [3.8, 4) is 0 Å². The van der Waals surface area contributed by atoms with Crippen LogP contribution in [0.25, 0.3) is 11.0 Å². The van der Waals surface area contributed by atoms with Crippen LogP contribution in [0.2, 0.25) is 5.28 Å². The smallest absolute Gasteiger partial charge is 0.226 e. The number of hydrogen-bond acceptors (Lipinski definition) is 4. The summed E-state index contributed by atoms with van der Waals surface area (Å²) in [7, 11) is 0. The number of anilines is 1. The molecule has 5 nitrogen and oxygen atoms in total. The molecule has 0 aliphatic carbocycles. The Balaban J connectivity index is 2.15. The lowest BCUT2D eigenvalue weighted by Gasteiger charge is -2.18. The first-order valence-corrected chi connectivity index (χ1v) is 5.94. The van der Waals surface area contributed by atoms with Crippen LogP contribution in [0.5, 0.6) is 0 Å². The Labute approximate surface area is 105 Å². The molecule has 17 heavy (non-hydrogen) atoms. The van der Waals surface area contributed by atoms with Crippen LogP contribution in [-0.2, 0) is 0 Å². The van der Waals surface area contributed by atoms with Crippen molar-refractivity contribution in [2.75, 3.05) is 11.9 Å². The van der Waals surface area contributed by atoms with Gasteiger partial charge >= 0.3 is 0 Å². The zero-order chi connectivity index (χ0) is 12.5. The number of aromatic amines is 1. The molecule has 92 valence electrons. The van der Waals surface area contributed by atoms with E-state index < -0.39 is 0 Å². The number of hydrogen-bond donors (Lipinski definition) is 2. The topological polar surface area (TPSA) is 66.5 Å². The third-order valence-corrected chi connectivity index (χ3v) is 2.62. The second-order valence-electron chi connectivity index (χ2n) is 5.21. The van der Waals surface area contributed by atoms with E-state index in [2.05, 4.69) is 46.3 Å². The number of nitrogens with zero attached hydrogens (tertiary/aromatic N) is 3. The van der Waals surface area contributed by atoms with Gasteiger partial charge in [-0.05, 0) is 23.4 Å². The summed E-state index contributed by atoms with van der Waals surface area (Å²) in [5, 5.41) is 11.1. The summed E-state index contributed by atoms with van der Waals surface area (Å²) >= 11 is 5.84. The zero-order valence-electron chi connectivity index (χ0n) is 10.2. The van der Waals surface area contributed by atoms with Crippen LogP contribution < -0.4 is 5.32 Å². The summed E-state index contributed by atoms with van der Waals surface area (Å²) in [6.45, 7) is 7.45. The van der Waals surface area contributed by atoms with Crippen molar-refractivity contribution in [2.45, 2.75) is 27.2 Å². The third kappa shape index (κ3) is 3.06. The molecule has 2 aromatic rings. The van der Waals surface area contributed by atoms with Gasteiger partial charge in [-0.25, -0.2) is 0 Å². The molecule has 0 aliphatic heterocycles. The van der Waals surface area contributed by atoms with E-state index in [-0.39, 0.29) is 5.28 Å². The molecule has 0 atom stereocenters. The van der Waals surface area contributed by atoms with Crippen LogP contribution >= 0.6 is 11.6 Å². The maximum atomic E-state index is 5.84. The van der Waals surface area contributed by atoms with E-state index in [4.69, 9.17) is 11.6 Å². The molecule has 0 aliphatic rings. The third-order valence-electron chi connectivity index (χ3n) is 2.45. The molecule has 0 bridgehead atoms. The molecule has 0 saturated heterocycles. The van der Waals surface area contributed by atoms with Crippen LogP contribution in [-0.4, -0.2) is 26.7 Å². The highest BCUT2D eigenvalue weighted by Crippen LogP contribution is 2.22. The maximum Gasteiger partial charge on any atom is 0.226 e. The minimum atomic E-state index is 0.222. The summed E-state index contributed by atoms with van der Waals surface area (Å²) in [6, 6.07) is 0. The molecule has 2 N–H and O–H groups in total. The fraction of sp³-hybridized carbons (Fsp3) is 0.545. The highest BCUT2D eigenvalue weighted by Gasteiger charge is 2.11. The molecular formula is C11H16ClN5. The van der Waals surface area contributed by atoms with Crippen LogP contribution in [0.15, 0.2) is 6.20 Å². The first-order chi connectivity index (χ1) is 7.96.